The summed E-state index contributed by atoms with van der Waals surface area (Å²) in [6.07, 6.45) is 2.87. The molecule has 0 aliphatic heterocycles. The summed E-state index contributed by atoms with van der Waals surface area (Å²) < 4.78 is 5.91. The molecule has 0 heterocycles. The molecule has 1 atom stereocenters. The van der Waals surface area contributed by atoms with Gasteiger partial charge in [0.2, 0.25) is 0 Å². The van der Waals surface area contributed by atoms with Crippen LogP contribution in [-0.2, 0) is 11.3 Å². The van der Waals surface area contributed by atoms with Crippen molar-refractivity contribution in [1.82, 2.24) is 10.2 Å². The molecule has 1 aromatic carbocycles. The zero-order valence-electron chi connectivity index (χ0n) is 14.6. The third kappa shape index (κ3) is 7.62. The zero-order chi connectivity index (χ0) is 16.4. The molecule has 1 aromatic rings. The largest absolute Gasteiger partial charge is 0.390 e. The first-order chi connectivity index (χ1) is 10.5. The minimum Gasteiger partial charge on any atom is -0.390 e. The van der Waals surface area contributed by atoms with Gasteiger partial charge in [0.05, 0.1) is 12.2 Å². The standard InChI is InChI=1S/C19H32N2O/c1-6-18(15-20-7-2)21(13-14-22-19(3,4)5)16-17-11-9-8-10-12-17/h7-12,18,20H,2,6,13-16H2,1,3-5H3. The van der Waals surface area contributed by atoms with E-state index in [1.54, 1.807) is 6.20 Å². The van der Waals surface area contributed by atoms with Crippen LogP contribution < -0.4 is 5.32 Å². The van der Waals surface area contributed by atoms with E-state index in [2.05, 4.69) is 74.8 Å². The van der Waals surface area contributed by atoms with Gasteiger partial charge in [-0.3, -0.25) is 4.90 Å². The van der Waals surface area contributed by atoms with Crippen molar-refractivity contribution in [3.8, 4) is 0 Å². The summed E-state index contributed by atoms with van der Waals surface area (Å²) in [5.41, 5.74) is 1.26. The maximum Gasteiger partial charge on any atom is 0.0600 e. The average molecular weight is 304 g/mol. The highest BCUT2D eigenvalue weighted by atomic mass is 16.5. The van der Waals surface area contributed by atoms with Crippen LogP contribution in [0.15, 0.2) is 43.1 Å². The summed E-state index contributed by atoms with van der Waals surface area (Å²) in [6.45, 7) is 15.8. The topological polar surface area (TPSA) is 24.5 Å². The summed E-state index contributed by atoms with van der Waals surface area (Å²) in [4.78, 5) is 2.50. The molecule has 1 unspecified atom stereocenters. The quantitative estimate of drug-likeness (QED) is 0.711. The van der Waals surface area contributed by atoms with Crippen LogP contribution in [-0.4, -0.2) is 36.2 Å². The minimum absolute atomic E-state index is 0.0838. The Morgan fingerprint density at radius 3 is 2.50 bits per heavy atom. The Bertz CT molecular complexity index is 411. The lowest BCUT2D eigenvalue weighted by molar-refractivity contribution is -0.0189. The van der Waals surface area contributed by atoms with Gasteiger partial charge >= 0.3 is 0 Å². The molecule has 0 radical (unpaired) electrons. The maximum absolute atomic E-state index is 5.91. The molecule has 22 heavy (non-hydrogen) atoms. The number of nitrogens with one attached hydrogen (secondary N) is 1. The first-order valence-corrected chi connectivity index (χ1v) is 8.22. The van der Waals surface area contributed by atoms with Crippen molar-refractivity contribution in [1.29, 1.82) is 0 Å². The van der Waals surface area contributed by atoms with Crippen LogP contribution in [0.1, 0.15) is 39.7 Å². The number of nitrogens with zero attached hydrogens (tertiary/aromatic N) is 1. The predicted molar refractivity (Wildman–Crippen MR) is 94.8 cm³/mol. The molecule has 3 nitrogen and oxygen atoms in total. The highest BCUT2D eigenvalue weighted by Gasteiger charge is 2.18. The summed E-state index contributed by atoms with van der Waals surface area (Å²) in [7, 11) is 0. The van der Waals surface area contributed by atoms with E-state index in [4.69, 9.17) is 4.74 Å². The van der Waals surface area contributed by atoms with Crippen LogP contribution in [0.3, 0.4) is 0 Å². The maximum atomic E-state index is 5.91. The van der Waals surface area contributed by atoms with E-state index >= 15 is 0 Å². The Kier molecular flexibility index (Phi) is 8.21. The number of hydrogen-bond acceptors (Lipinski definition) is 3. The van der Waals surface area contributed by atoms with Crippen molar-refractivity contribution >= 4 is 0 Å². The Hall–Kier alpha value is -1.32. The summed E-state index contributed by atoms with van der Waals surface area (Å²) >= 11 is 0. The van der Waals surface area contributed by atoms with E-state index in [0.29, 0.717) is 6.04 Å². The Labute approximate surface area is 136 Å². The Morgan fingerprint density at radius 1 is 1.27 bits per heavy atom. The fourth-order valence-electron chi connectivity index (χ4n) is 2.43. The summed E-state index contributed by atoms with van der Waals surface area (Å²) in [6, 6.07) is 11.1. The zero-order valence-corrected chi connectivity index (χ0v) is 14.6. The second-order valence-electron chi connectivity index (χ2n) is 6.59. The van der Waals surface area contributed by atoms with E-state index < -0.39 is 0 Å². The van der Waals surface area contributed by atoms with Gasteiger partial charge in [-0.25, -0.2) is 0 Å². The molecule has 0 bridgehead atoms. The Morgan fingerprint density at radius 2 is 1.95 bits per heavy atom. The van der Waals surface area contributed by atoms with Crippen molar-refractivity contribution in [2.75, 3.05) is 19.7 Å². The van der Waals surface area contributed by atoms with Crippen molar-refractivity contribution < 1.29 is 4.74 Å². The van der Waals surface area contributed by atoms with E-state index in [1.807, 2.05) is 0 Å². The van der Waals surface area contributed by atoms with Crippen LogP contribution in [0.2, 0.25) is 0 Å². The van der Waals surface area contributed by atoms with Gasteiger partial charge in [-0.2, -0.15) is 0 Å². The molecule has 0 fully saturated rings. The van der Waals surface area contributed by atoms with Crippen molar-refractivity contribution in [2.24, 2.45) is 0 Å². The second kappa shape index (κ2) is 9.65. The molecule has 1 N–H and O–H groups in total. The highest BCUT2D eigenvalue weighted by molar-refractivity contribution is 5.14. The third-order valence-electron chi connectivity index (χ3n) is 3.63. The van der Waals surface area contributed by atoms with Crippen LogP contribution >= 0.6 is 0 Å². The lowest BCUT2D eigenvalue weighted by Crippen LogP contribution is -2.42. The van der Waals surface area contributed by atoms with Gasteiger partial charge in [-0.15, -0.1) is 0 Å². The van der Waals surface area contributed by atoms with Crippen LogP contribution in [0.5, 0.6) is 0 Å². The van der Waals surface area contributed by atoms with Gasteiger partial charge in [0.15, 0.2) is 0 Å². The van der Waals surface area contributed by atoms with Crippen LogP contribution in [0.25, 0.3) is 0 Å². The molecule has 0 saturated carbocycles. The van der Waals surface area contributed by atoms with Crippen LogP contribution in [0.4, 0.5) is 0 Å². The summed E-state index contributed by atoms with van der Waals surface area (Å²) in [5, 5.41) is 3.25. The van der Waals surface area contributed by atoms with Gasteiger partial charge in [0, 0.05) is 25.7 Å². The number of rotatable bonds is 10. The number of hydrogen-bond donors (Lipinski definition) is 1. The lowest BCUT2D eigenvalue weighted by atomic mass is 10.1. The van der Waals surface area contributed by atoms with Crippen molar-refractivity contribution in [3.63, 3.8) is 0 Å². The minimum atomic E-state index is -0.0838. The highest BCUT2D eigenvalue weighted by Crippen LogP contribution is 2.12. The van der Waals surface area contributed by atoms with Crippen molar-refractivity contribution in [3.05, 3.63) is 48.7 Å². The second-order valence-corrected chi connectivity index (χ2v) is 6.59. The first-order valence-electron chi connectivity index (χ1n) is 8.22. The molecular weight excluding hydrogens is 272 g/mol. The molecular formula is C19H32N2O. The fraction of sp³-hybridized carbons (Fsp3) is 0.579. The summed E-state index contributed by atoms with van der Waals surface area (Å²) in [5.74, 6) is 0. The van der Waals surface area contributed by atoms with Gasteiger partial charge in [0.1, 0.15) is 0 Å². The van der Waals surface area contributed by atoms with Gasteiger partial charge in [-0.05, 0) is 39.0 Å². The number of benzene rings is 1. The molecule has 124 valence electrons. The Balaban J connectivity index is 2.67. The number of ether oxygens (including phenoxy) is 1. The smallest absolute Gasteiger partial charge is 0.0600 e. The molecule has 0 aliphatic rings. The molecule has 0 aliphatic carbocycles. The monoisotopic (exact) mass is 304 g/mol. The molecule has 0 aromatic heterocycles. The van der Waals surface area contributed by atoms with E-state index in [1.165, 1.54) is 5.56 Å². The SMILES string of the molecule is C=CNCC(CC)N(CCOC(C)(C)C)Cc1ccccc1. The molecule has 1 rings (SSSR count). The lowest BCUT2D eigenvalue weighted by Gasteiger charge is -2.32. The predicted octanol–water partition coefficient (Wildman–Crippen LogP) is 3.82. The van der Waals surface area contributed by atoms with E-state index in [0.717, 1.165) is 32.7 Å². The first kappa shape index (κ1) is 18.7. The molecule has 0 spiro atoms. The molecule has 0 saturated heterocycles. The third-order valence-corrected chi connectivity index (χ3v) is 3.63. The molecule has 3 heteroatoms. The average Bonchev–Trinajstić information content (AvgIpc) is 2.47. The van der Waals surface area contributed by atoms with Crippen LogP contribution in [0, 0.1) is 0 Å². The normalized spacial score (nSPS) is 13.1. The van der Waals surface area contributed by atoms with Crippen molar-refractivity contribution in [2.45, 2.75) is 52.3 Å². The van der Waals surface area contributed by atoms with E-state index in [9.17, 15) is 0 Å². The van der Waals surface area contributed by atoms with Gasteiger partial charge < -0.3 is 10.1 Å². The molecule has 0 amide bonds. The van der Waals surface area contributed by atoms with Gasteiger partial charge in [0.25, 0.3) is 0 Å². The fourth-order valence-corrected chi connectivity index (χ4v) is 2.43. The van der Waals surface area contributed by atoms with E-state index in [-0.39, 0.29) is 5.60 Å². The van der Waals surface area contributed by atoms with Gasteiger partial charge in [-0.1, -0.05) is 43.8 Å².